The van der Waals surface area contributed by atoms with Crippen LogP contribution in [-0.2, 0) is 31.9 Å². The van der Waals surface area contributed by atoms with E-state index in [2.05, 4.69) is 68.3 Å². The lowest BCUT2D eigenvalue weighted by Gasteiger charge is -2.33. The van der Waals surface area contributed by atoms with Gasteiger partial charge in [-0.1, -0.05) is 71.3 Å². The van der Waals surface area contributed by atoms with Gasteiger partial charge in [0.2, 0.25) is 11.8 Å². The Morgan fingerprint density at radius 3 is 2.07 bits per heavy atom. The van der Waals surface area contributed by atoms with Crippen molar-refractivity contribution in [3.63, 3.8) is 0 Å². The molecular weight excluding hydrogens is 773 g/mol. The van der Waals surface area contributed by atoms with Crippen LogP contribution in [0.4, 0.5) is 9.59 Å². The van der Waals surface area contributed by atoms with E-state index in [-0.39, 0.29) is 47.7 Å². The van der Waals surface area contributed by atoms with Gasteiger partial charge < -0.3 is 40.2 Å². The van der Waals surface area contributed by atoms with Crippen LogP contribution in [0.3, 0.4) is 0 Å². The lowest BCUT2D eigenvalue weighted by Crippen LogP contribution is -2.55. The highest BCUT2D eigenvalue weighted by atomic mass is 16.5. The van der Waals surface area contributed by atoms with Crippen LogP contribution >= 0.6 is 0 Å². The van der Waals surface area contributed by atoms with Crippen LogP contribution in [0, 0.1) is 40.9 Å². The molecule has 1 aromatic carbocycles. The van der Waals surface area contributed by atoms with Crippen molar-refractivity contribution in [2.75, 3.05) is 33.9 Å². The molecule has 3 fully saturated rings. The first-order valence-electron chi connectivity index (χ1n) is 21.8. The largest absolute Gasteiger partial charge is 0.453 e. The summed E-state index contributed by atoms with van der Waals surface area (Å²) in [6.45, 7) is 12.8. The zero-order valence-corrected chi connectivity index (χ0v) is 36.6. The van der Waals surface area contributed by atoms with E-state index in [0.717, 1.165) is 49.7 Å². The van der Waals surface area contributed by atoms with Crippen LogP contribution in [0.2, 0.25) is 0 Å². The second-order valence-corrected chi connectivity index (χ2v) is 17.4. The highest BCUT2D eigenvalue weighted by Crippen LogP contribution is 2.49. The van der Waals surface area contributed by atoms with E-state index in [9.17, 15) is 19.2 Å². The number of nitrogens with one attached hydrogen (secondary N) is 4. The molecule has 1 aromatic heterocycles. The molecule has 0 radical (unpaired) electrons. The number of benzene rings is 1. The smallest absolute Gasteiger partial charge is 0.407 e. The average Bonchev–Trinajstić information content (AvgIpc) is 4.09. The fraction of sp³-hybridized carbons (Fsp3) is 0.574. The SMILES string of the molecule is C=CNC(=NCC#Cc1ccc(C#Cc2cnc([C@@H]3CCCN3C(=O)[C@@H](NC(=O)OC)C(C)C)[nH]2)c2c1CC1(CCCCC1)C2)[C@@H]1CCCN1C(=O)[C@@H](NC(=O)OC)C(C)C. The third-order valence-corrected chi connectivity index (χ3v) is 12.7. The molecular formula is C47H62N8O6. The van der Waals surface area contributed by atoms with E-state index in [1.165, 1.54) is 57.5 Å². The Kier molecular flexibility index (Phi) is 14.8. The standard InChI is InChI=1S/C47H62N8O6/c1-8-48-41(37-16-13-25-54(37)43(56)39(30(2)3)52-45(58)60-6)49-24-12-15-32-18-19-33(36-28-47(27-35(32)36)22-10-9-11-23-47)20-21-34-29-50-42(51-34)38-17-14-26-55(38)44(57)40(31(4)5)53-46(59)61-7/h8,18-19,29-31,37-40H,1,9-11,13-14,16-17,22-28H2,2-7H3,(H,48,49)(H,50,51)(H,52,58)(H,53,59)/t37-,38-,39-,40-/m0/s1. The summed E-state index contributed by atoms with van der Waals surface area (Å²) in [5.74, 6) is 14.3. The van der Waals surface area contributed by atoms with Gasteiger partial charge in [0, 0.05) is 24.2 Å². The van der Waals surface area contributed by atoms with Crippen LogP contribution in [0.5, 0.6) is 0 Å². The number of fused-ring (bicyclic) bond motifs is 1. The van der Waals surface area contributed by atoms with Gasteiger partial charge in [-0.15, -0.1) is 0 Å². The van der Waals surface area contributed by atoms with Crippen LogP contribution in [0.25, 0.3) is 0 Å². The van der Waals surface area contributed by atoms with Crippen LogP contribution in [0.1, 0.15) is 125 Å². The Balaban J connectivity index is 1.21. The van der Waals surface area contributed by atoms with Gasteiger partial charge in [0.05, 0.1) is 32.5 Å². The van der Waals surface area contributed by atoms with Crippen molar-refractivity contribution >= 4 is 29.8 Å². The van der Waals surface area contributed by atoms with Gasteiger partial charge >= 0.3 is 12.2 Å². The van der Waals surface area contributed by atoms with Crippen molar-refractivity contribution in [1.82, 2.24) is 35.7 Å². The summed E-state index contributed by atoms with van der Waals surface area (Å²) in [6, 6.07) is 2.20. The molecule has 0 bridgehead atoms. The van der Waals surface area contributed by atoms with E-state index in [1.54, 1.807) is 22.2 Å². The summed E-state index contributed by atoms with van der Waals surface area (Å²) < 4.78 is 9.57. The number of amides is 4. The normalized spacial score (nSPS) is 20.2. The van der Waals surface area contributed by atoms with Crippen LogP contribution in [-0.4, -0.2) is 102 Å². The molecule has 2 saturated heterocycles. The summed E-state index contributed by atoms with van der Waals surface area (Å²) in [4.78, 5) is 67.9. The number of hydrogen-bond donors (Lipinski definition) is 4. The quantitative estimate of drug-likeness (QED) is 0.133. The molecule has 1 saturated carbocycles. The summed E-state index contributed by atoms with van der Waals surface area (Å²) in [6.07, 6.45) is 13.2. The number of methoxy groups -OCH3 is 2. The van der Waals surface area contributed by atoms with E-state index < -0.39 is 24.3 Å². The number of aromatic amines is 1. The summed E-state index contributed by atoms with van der Waals surface area (Å²) >= 11 is 0. The molecule has 2 aliphatic carbocycles. The van der Waals surface area contributed by atoms with Crippen molar-refractivity contribution < 1.29 is 28.7 Å². The zero-order chi connectivity index (χ0) is 43.7. The third-order valence-electron chi connectivity index (χ3n) is 12.7. The number of carbonyl (C=O) groups excluding carboxylic acids is 4. The summed E-state index contributed by atoms with van der Waals surface area (Å²) in [5.41, 5.74) is 5.43. The number of aromatic nitrogens is 2. The average molecular weight is 835 g/mol. The van der Waals surface area contributed by atoms with Crippen molar-refractivity contribution in [1.29, 1.82) is 0 Å². The maximum Gasteiger partial charge on any atom is 0.407 e. The fourth-order valence-corrected chi connectivity index (χ4v) is 9.50. The van der Waals surface area contributed by atoms with Crippen molar-refractivity contribution in [3.8, 4) is 23.7 Å². The molecule has 4 amide bonds. The number of amidine groups is 1. The van der Waals surface area contributed by atoms with Gasteiger partial charge in [-0.05, 0) is 104 Å². The zero-order valence-electron chi connectivity index (χ0n) is 36.6. The molecule has 1 spiro atoms. The molecule has 61 heavy (non-hydrogen) atoms. The first-order chi connectivity index (χ1) is 29.4. The Morgan fingerprint density at radius 2 is 1.46 bits per heavy atom. The molecule has 4 aliphatic rings. The number of imidazole rings is 1. The van der Waals surface area contributed by atoms with Crippen molar-refractivity contribution in [2.24, 2.45) is 22.2 Å². The molecule has 2 aromatic rings. The summed E-state index contributed by atoms with van der Waals surface area (Å²) in [7, 11) is 2.58. The first-order valence-corrected chi connectivity index (χ1v) is 21.8. The Bertz CT molecular complexity index is 2110. The second kappa shape index (κ2) is 20.2. The highest BCUT2D eigenvalue weighted by Gasteiger charge is 2.41. The Labute approximate surface area is 360 Å². The molecule has 0 unspecified atom stereocenters. The van der Waals surface area contributed by atoms with Gasteiger partial charge in [0.15, 0.2) is 0 Å². The van der Waals surface area contributed by atoms with Gasteiger partial charge in [-0.3, -0.25) is 14.6 Å². The monoisotopic (exact) mass is 834 g/mol. The fourth-order valence-electron chi connectivity index (χ4n) is 9.50. The number of likely N-dealkylation sites (tertiary alicyclic amines) is 2. The van der Waals surface area contributed by atoms with Gasteiger partial charge in [0.1, 0.15) is 36.0 Å². The molecule has 4 atom stereocenters. The van der Waals surface area contributed by atoms with Crippen molar-refractivity contribution in [3.05, 3.63) is 64.9 Å². The predicted molar refractivity (Wildman–Crippen MR) is 233 cm³/mol. The lowest BCUT2D eigenvalue weighted by molar-refractivity contribution is -0.135. The highest BCUT2D eigenvalue weighted by molar-refractivity contribution is 5.95. The van der Waals surface area contributed by atoms with Gasteiger partial charge in [-0.2, -0.15) is 0 Å². The third kappa shape index (κ3) is 10.4. The first kappa shape index (κ1) is 44.8. The number of hydrogen-bond acceptors (Lipinski definition) is 8. The van der Waals surface area contributed by atoms with Crippen LogP contribution in [0.15, 0.2) is 36.1 Å². The number of H-pyrrole nitrogens is 1. The van der Waals surface area contributed by atoms with E-state index >= 15 is 0 Å². The molecule has 3 heterocycles. The maximum absolute atomic E-state index is 13.7. The van der Waals surface area contributed by atoms with Gasteiger partial charge in [-0.25, -0.2) is 14.6 Å². The number of carbonyl (C=O) groups is 4. The number of alkyl carbamates (subject to hydrolysis) is 2. The summed E-state index contributed by atoms with van der Waals surface area (Å²) in [5, 5.41) is 8.57. The number of aliphatic imine (C=N–C) groups is 1. The Morgan fingerprint density at radius 1 is 0.869 bits per heavy atom. The Hall–Kier alpha value is -5.76. The predicted octanol–water partition coefficient (Wildman–Crippen LogP) is 5.76. The van der Waals surface area contributed by atoms with E-state index in [1.807, 2.05) is 27.7 Å². The topological polar surface area (TPSA) is 170 Å². The minimum absolute atomic E-state index is 0.117. The second-order valence-electron chi connectivity index (χ2n) is 17.4. The molecule has 6 rings (SSSR count). The minimum atomic E-state index is -0.723. The minimum Gasteiger partial charge on any atom is -0.453 e. The molecule has 2 aliphatic heterocycles. The van der Waals surface area contributed by atoms with E-state index in [4.69, 9.17) is 14.5 Å². The van der Waals surface area contributed by atoms with Gasteiger partial charge in [0.25, 0.3) is 0 Å². The molecule has 326 valence electrons. The maximum atomic E-state index is 13.7. The lowest BCUT2D eigenvalue weighted by atomic mass is 9.72. The number of rotatable bonds is 10. The number of ether oxygens (including phenoxy) is 2. The molecule has 14 heteroatoms. The molecule has 4 N–H and O–H groups in total. The van der Waals surface area contributed by atoms with E-state index in [0.29, 0.717) is 30.4 Å². The number of nitrogens with zero attached hydrogens (tertiary/aromatic N) is 4. The molecule has 14 nitrogen and oxygen atoms in total. The van der Waals surface area contributed by atoms with Crippen LogP contribution < -0.4 is 16.0 Å². The van der Waals surface area contributed by atoms with Crippen molar-refractivity contribution in [2.45, 2.75) is 122 Å².